The van der Waals surface area contributed by atoms with Gasteiger partial charge in [0.15, 0.2) is 0 Å². The van der Waals surface area contributed by atoms with E-state index in [2.05, 4.69) is 0 Å². The van der Waals surface area contributed by atoms with E-state index < -0.39 is 0 Å². The quantitative estimate of drug-likeness (QED) is 0.467. The summed E-state index contributed by atoms with van der Waals surface area (Å²) < 4.78 is 0. The molecular weight excluding hydrogens is 132 g/mol. The van der Waals surface area contributed by atoms with Crippen LogP contribution >= 0.6 is 0 Å². The molecule has 10 heavy (non-hydrogen) atoms. The van der Waals surface area contributed by atoms with E-state index in [-0.39, 0.29) is 0 Å². The number of benzene rings is 1. The van der Waals surface area contributed by atoms with Gasteiger partial charge in [-0.3, -0.25) is 21.4 Å². The summed E-state index contributed by atoms with van der Waals surface area (Å²) in [6.45, 7) is 0. The molecule has 54 valence electrons. The molecule has 0 heterocycles. The van der Waals surface area contributed by atoms with E-state index >= 15 is 0 Å². The van der Waals surface area contributed by atoms with Crippen LogP contribution in [-0.2, 0) is 0 Å². The fourth-order valence-electron chi connectivity index (χ4n) is 0.678. The van der Waals surface area contributed by atoms with Gasteiger partial charge in [0.2, 0.25) is 0 Å². The minimum Gasteiger partial charge on any atom is -0.291 e. The van der Waals surface area contributed by atoms with Gasteiger partial charge < -0.3 is 0 Å². The summed E-state index contributed by atoms with van der Waals surface area (Å²) in [5.74, 6) is 0. The Labute approximate surface area is 58.0 Å². The molecule has 0 aliphatic carbocycles. The molecule has 0 radical (unpaired) electrons. The van der Waals surface area contributed by atoms with Gasteiger partial charge in [-0.2, -0.15) is 0 Å². The van der Waals surface area contributed by atoms with Crippen LogP contribution in [0.4, 0.5) is 11.4 Å². The molecular formula is C6H8N2O2. The van der Waals surface area contributed by atoms with Crippen molar-refractivity contribution in [3.05, 3.63) is 24.3 Å². The second kappa shape index (κ2) is 3.05. The normalized spacial score (nSPS) is 9.00. The van der Waals surface area contributed by atoms with E-state index in [4.69, 9.17) is 10.4 Å². The minimum absolute atomic E-state index is 0.435. The van der Waals surface area contributed by atoms with Crippen LogP contribution in [0, 0.1) is 0 Å². The van der Waals surface area contributed by atoms with Gasteiger partial charge in [0, 0.05) is 0 Å². The number of nitrogens with one attached hydrogen (secondary N) is 2. The summed E-state index contributed by atoms with van der Waals surface area (Å²) in [6.07, 6.45) is 0. The molecule has 4 nitrogen and oxygen atoms in total. The molecule has 1 aromatic carbocycles. The lowest BCUT2D eigenvalue weighted by molar-refractivity contribution is 0.377. The van der Waals surface area contributed by atoms with E-state index in [1.54, 1.807) is 24.3 Å². The predicted octanol–water partition coefficient (Wildman–Crippen LogP) is 1.29. The molecule has 0 saturated heterocycles. The molecule has 0 fully saturated rings. The van der Waals surface area contributed by atoms with Crippen molar-refractivity contribution in [3.8, 4) is 0 Å². The van der Waals surface area contributed by atoms with Crippen LogP contribution in [0.1, 0.15) is 0 Å². The molecule has 0 spiro atoms. The molecule has 0 saturated carbocycles. The van der Waals surface area contributed by atoms with Crippen LogP contribution in [-0.4, -0.2) is 10.4 Å². The Morgan fingerprint density at radius 1 is 0.900 bits per heavy atom. The number of anilines is 2. The van der Waals surface area contributed by atoms with Gasteiger partial charge in [-0.1, -0.05) is 12.1 Å². The summed E-state index contributed by atoms with van der Waals surface area (Å²) in [7, 11) is 0. The SMILES string of the molecule is ONc1ccccc1NO. The zero-order valence-corrected chi connectivity index (χ0v) is 5.20. The molecule has 0 aliphatic rings. The van der Waals surface area contributed by atoms with Crippen LogP contribution < -0.4 is 11.0 Å². The average Bonchev–Trinajstić information content (AvgIpc) is 2.04. The van der Waals surface area contributed by atoms with Gasteiger partial charge >= 0.3 is 0 Å². The summed E-state index contributed by atoms with van der Waals surface area (Å²) in [4.78, 5) is 0. The first-order valence-electron chi connectivity index (χ1n) is 2.77. The Kier molecular flexibility index (Phi) is 2.09. The first kappa shape index (κ1) is 6.85. The number of rotatable bonds is 2. The lowest BCUT2D eigenvalue weighted by Gasteiger charge is -2.03. The van der Waals surface area contributed by atoms with Crippen molar-refractivity contribution in [2.24, 2.45) is 0 Å². The Balaban J connectivity index is 2.96. The van der Waals surface area contributed by atoms with Crippen LogP contribution in [0.25, 0.3) is 0 Å². The zero-order chi connectivity index (χ0) is 7.40. The van der Waals surface area contributed by atoms with E-state index in [1.165, 1.54) is 0 Å². The molecule has 0 atom stereocenters. The lowest BCUT2D eigenvalue weighted by atomic mass is 10.3. The topological polar surface area (TPSA) is 64.5 Å². The van der Waals surface area contributed by atoms with Crippen molar-refractivity contribution in [3.63, 3.8) is 0 Å². The van der Waals surface area contributed by atoms with E-state index in [0.29, 0.717) is 11.4 Å². The van der Waals surface area contributed by atoms with E-state index in [9.17, 15) is 0 Å². The molecule has 0 amide bonds. The Hall–Kier alpha value is -1.26. The van der Waals surface area contributed by atoms with Crippen molar-refractivity contribution in [2.45, 2.75) is 0 Å². The van der Waals surface area contributed by atoms with Crippen LogP contribution in [0.5, 0.6) is 0 Å². The smallest absolute Gasteiger partial charge is 0.0856 e. The summed E-state index contributed by atoms with van der Waals surface area (Å²) in [5.41, 5.74) is 4.72. The molecule has 0 aromatic heterocycles. The van der Waals surface area contributed by atoms with Gasteiger partial charge in [0.1, 0.15) is 0 Å². The third kappa shape index (κ3) is 1.18. The summed E-state index contributed by atoms with van der Waals surface area (Å²) in [6, 6.07) is 6.72. The van der Waals surface area contributed by atoms with Crippen LogP contribution in [0.15, 0.2) is 24.3 Å². The fraction of sp³-hybridized carbons (Fsp3) is 0. The Morgan fingerprint density at radius 3 is 1.60 bits per heavy atom. The van der Waals surface area contributed by atoms with E-state index in [1.807, 2.05) is 11.0 Å². The number of hydrogen-bond donors (Lipinski definition) is 4. The first-order valence-corrected chi connectivity index (χ1v) is 2.77. The monoisotopic (exact) mass is 140 g/mol. The standard InChI is InChI=1S/C6H8N2O2/c9-7-5-3-1-2-4-6(5)8-10/h1-4,7-10H. The molecule has 0 aliphatic heterocycles. The summed E-state index contributed by atoms with van der Waals surface area (Å²) >= 11 is 0. The van der Waals surface area contributed by atoms with Crippen molar-refractivity contribution in [1.82, 2.24) is 0 Å². The molecule has 0 unspecified atom stereocenters. The Bertz CT molecular complexity index is 192. The third-order valence-electron chi connectivity index (χ3n) is 1.17. The maximum absolute atomic E-state index is 8.45. The summed E-state index contributed by atoms with van der Waals surface area (Å²) in [5, 5.41) is 16.9. The van der Waals surface area contributed by atoms with Crippen molar-refractivity contribution in [1.29, 1.82) is 0 Å². The fourth-order valence-corrected chi connectivity index (χ4v) is 0.678. The predicted molar refractivity (Wildman–Crippen MR) is 37.3 cm³/mol. The van der Waals surface area contributed by atoms with Crippen molar-refractivity contribution in [2.75, 3.05) is 11.0 Å². The van der Waals surface area contributed by atoms with Crippen LogP contribution in [0.2, 0.25) is 0 Å². The highest BCUT2D eigenvalue weighted by molar-refractivity contribution is 5.66. The van der Waals surface area contributed by atoms with Crippen molar-refractivity contribution < 1.29 is 10.4 Å². The highest BCUT2D eigenvalue weighted by Gasteiger charge is 1.95. The second-order valence-corrected chi connectivity index (χ2v) is 1.77. The average molecular weight is 140 g/mol. The lowest BCUT2D eigenvalue weighted by Crippen LogP contribution is -1.96. The van der Waals surface area contributed by atoms with E-state index in [0.717, 1.165) is 0 Å². The number of hydrogen-bond acceptors (Lipinski definition) is 4. The number of para-hydroxylation sites is 2. The van der Waals surface area contributed by atoms with Gasteiger partial charge in [0.25, 0.3) is 0 Å². The zero-order valence-electron chi connectivity index (χ0n) is 5.20. The van der Waals surface area contributed by atoms with Gasteiger partial charge in [-0.15, -0.1) is 0 Å². The largest absolute Gasteiger partial charge is 0.291 e. The highest BCUT2D eigenvalue weighted by Crippen LogP contribution is 2.18. The maximum atomic E-state index is 8.45. The molecule has 0 bridgehead atoms. The molecule has 4 N–H and O–H groups in total. The molecule has 4 heteroatoms. The maximum Gasteiger partial charge on any atom is 0.0856 e. The minimum atomic E-state index is 0.435. The third-order valence-corrected chi connectivity index (χ3v) is 1.17. The molecule has 1 aromatic rings. The van der Waals surface area contributed by atoms with Gasteiger partial charge in [-0.25, -0.2) is 0 Å². The van der Waals surface area contributed by atoms with Gasteiger partial charge in [-0.05, 0) is 12.1 Å². The van der Waals surface area contributed by atoms with Gasteiger partial charge in [0.05, 0.1) is 11.4 Å². The molecule has 1 rings (SSSR count). The highest BCUT2D eigenvalue weighted by atomic mass is 16.5. The van der Waals surface area contributed by atoms with Crippen molar-refractivity contribution >= 4 is 11.4 Å². The first-order chi connectivity index (χ1) is 4.88. The Morgan fingerprint density at radius 2 is 1.30 bits per heavy atom. The van der Waals surface area contributed by atoms with Crippen LogP contribution in [0.3, 0.4) is 0 Å². The second-order valence-electron chi connectivity index (χ2n) is 1.77.